The van der Waals surface area contributed by atoms with E-state index in [1.807, 2.05) is 18.2 Å². The molecule has 1 aromatic heterocycles. The third-order valence-corrected chi connectivity index (χ3v) is 5.97. The van der Waals surface area contributed by atoms with Crippen LogP contribution in [0.15, 0.2) is 95.4 Å². The maximum absolute atomic E-state index is 12.6. The van der Waals surface area contributed by atoms with Crippen LogP contribution in [0.2, 0.25) is 0 Å². The molecule has 41 heavy (non-hydrogen) atoms. The molecule has 0 fully saturated rings. The monoisotopic (exact) mass is 555 g/mol. The minimum absolute atomic E-state index is 0.174. The third kappa shape index (κ3) is 7.89. The first-order valence-corrected chi connectivity index (χ1v) is 12.9. The van der Waals surface area contributed by atoms with Gasteiger partial charge in [-0.25, -0.2) is 14.6 Å². The molecule has 0 spiro atoms. The van der Waals surface area contributed by atoms with Gasteiger partial charge in [-0.1, -0.05) is 54.6 Å². The van der Waals surface area contributed by atoms with E-state index in [2.05, 4.69) is 15.6 Å². The van der Waals surface area contributed by atoms with Crippen LogP contribution < -0.4 is 10.6 Å². The Hall–Kier alpha value is -5.25. The van der Waals surface area contributed by atoms with Crippen molar-refractivity contribution >= 4 is 23.8 Å². The van der Waals surface area contributed by atoms with Gasteiger partial charge in [-0.05, 0) is 50.2 Å². The fourth-order valence-electron chi connectivity index (χ4n) is 3.70. The molecule has 0 aliphatic carbocycles. The number of nitrogens with zero attached hydrogens (tertiary/aromatic N) is 1. The van der Waals surface area contributed by atoms with E-state index in [1.54, 1.807) is 72.8 Å². The van der Waals surface area contributed by atoms with E-state index < -0.39 is 35.8 Å². The highest BCUT2D eigenvalue weighted by atomic mass is 16.5. The van der Waals surface area contributed by atoms with Crippen LogP contribution in [0.4, 0.5) is 0 Å². The van der Waals surface area contributed by atoms with E-state index in [4.69, 9.17) is 13.9 Å². The number of rotatable bonds is 11. The fourth-order valence-corrected chi connectivity index (χ4v) is 3.70. The first-order valence-electron chi connectivity index (χ1n) is 12.9. The Balaban J connectivity index is 1.39. The quantitative estimate of drug-likeness (QED) is 0.264. The van der Waals surface area contributed by atoms with Crippen molar-refractivity contribution in [3.05, 3.63) is 114 Å². The first-order chi connectivity index (χ1) is 19.8. The number of esters is 2. The Labute approximate surface area is 236 Å². The van der Waals surface area contributed by atoms with Gasteiger partial charge in [0.2, 0.25) is 5.89 Å². The van der Waals surface area contributed by atoms with E-state index in [0.29, 0.717) is 16.7 Å². The van der Waals surface area contributed by atoms with Crippen LogP contribution in [0.5, 0.6) is 0 Å². The van der Waals surface area contributed by atoms with Crippen molar-refractivity contribution in [3.8, 4) is 11.5 Å². The second kappa shape index (κ2) is 13.7. The van der Waals surface area contributed by atoms with Crippen molar-refractivity contribution in [2.24, 2.45) is 0 Å². The predicted molar refractivity (Wildman–Crippen MR) is 148 cm³/mol. The molecule has 0 aliphatic rings. The van der Waals surface area contributed by atoms with Crippen LogP contribution in [0.3, 0.4) is 0 Å². The van der Waals surface area contributed by atoms with Crippen molar-refractivity contribution in [2.45, 2.75) is 39.1 Å². The van der Waals surface area contributed by atoms with E-state index in [9.17, 15) is 19.2 Å². The van der Waals surface area contributed by atoms with Crippen LogP contribution >= 0.6 is 0 Å². The van der Waals surface area contributed by atoms with Gasteiger partial charge in [0.25, 0.3) is 11.8 Å². The summed E-state index contributed by atoms with van der Waals surface area (Å²) in [7, 11) is 0. The van der Waals surface area contributed by atoms with Gasteiger partial charge < -0.3 is 24.5 Å². The summed E-state index contributed by atoms with van der Waals surface area (Å²) in [5.74, 6) is -1.77. The average molecular weight is 556 g/mol. The van der Waals surface area contributed by atoms with Crippen molar-refractivity contribution in [3.63, 3.8) is 0 Å². The summed E-state index contributed by atoms with van der Waals surface area (Å²) >= 11 is 0. The zero-order valence-corrected chi connectivity index (χ0v) is 22.5. The molecule has 0 unspecified atom stereocenters. The molecule has 4 aromatic rings. The zero-order valence-electron chi connectivity index (χ0n) is 22.5. The Bertz CT molecular complexity index is 1400. The second-order valence-corrected chi connectivity index (χ2v) is 9.09. The summed E-state index contributed by atoms with van der Waals surface area (Å²) in [6, 6.07) is 24.2. The Morgan fingerprint density at radius 2 is 1.12 bits per heavy atom. The Morgan fingerprint density at radius 3 is 1.61 bits per heavy atom. The van der Waals surface area contributed by atoms with Crippen LogP contribution in [0, 0.1) is 0 Å². The Morgan fingerprint density at radius 1 is 0.683 bits per heavy atom. The van der Waals surface area contributed by atoms with Gasteiger partial charge in [-0.15, -0.1) is 0 Å². The van der Waals surface area contributed by atoms with E-state index in [1.165, 1.54) is 13.8 Å². The smallest absolute Gasteiger partial charge is 0.328 e. The van der Waals surface area contributed by atoms with E-state index in [-0.39, 0.29) is 30.6 Å². The number of ether oxygens (including phenoxy) is 2. The molecule has 3 aromatic carbocycles. The molecule has 2 amide bonds. The standard InChI is InChI=1S/C31H29N3O7/c1-20(32-27(35)22-12-6-3-7-13-22)30(37)39-18-25-26(41-29(34-25)24-16-10-5-11-17-24)19-40-31(38)21(2)33-28(36)23-14-8-4-9-15-23/h3-17,20-21H,18-19H2,1-2H3,(H,32,35)(H,33,36)/t20-,21+/m1/s1. The van der Waals surface area contributed by atoms with Crippen LogP contribution in [0.1, 0.15) is 46.0 Å². The number of carbonyl (C=O) groups excluding carboxylic acids is 4. The maximum atomic E-state index is 12.6. The minimum Gasteiger partial charge on any atom is -0.458 e. The number of aromatic nitrogens is 1. The predicted octanol–water partition coefficient (Wildman–Crippen LogP) is 4.07. The van der Waals surface area contributed by atoms with E-state index in [0.717, 1.165) is 0 Å². The van der Waals surface area contributed by atoms with Crippen molar-refractivity contribution < 1.29 is 33.1 Å². The maximum Gasteiger partial charge on any atom is 0.328 e. The largest absolute Gasteiger partial charge is 0.458 e. The van der Waals surface area contributed by atoms with Crippen LogP contribution in [-0.4, -0.2) is 40.8 Å². The van der Waals surface area contributed by atoms with Gasteiger partial charge in [0.1, 0.15) is 24.4 Å². The third-order valence-electron chi connectivity index (χ3n) is 5.97. The van der Waals surface area contributed by atoms with Gasteiger partial charge >= 0.3 is 11.9 Å². The number of amides is 2. The Kier molecular flexibility index (Phi) is 9.61. The lowest BCUT2D eigenvalue weighted by molar-refractivity contribution is -0.148. The number of hydrogen-bond donors (Lipinski definition) is 2. The fraction of sp³-hybridized carbons (Fsp3) is 0.194. The highest BCUT2D eigenvalue weighted by molar-refractivity contribution is 5.97. The minimum atomic E-state index is -0.936. The van der Waals surface area contributed by atoms with Gasteiger partial charge in [0.15, 0.2) is 12.4 Å². The molecule has 210 valence electrons. The molecule has 0 aliphatic heterocycles. The summed E-state index contributed by atoms with van der Waals surface area (Å²) in [6.07, 6.45) is 0. The van der Waals surface area contributed by atoms with Gasteiger partial charge in [0.05, 0.1) is 0 Å². The number of oxazole rings is 1. The molecule has 0 saturated heterocycles. The normalized spacial score (nSPS) is 12.0. The number of benzene rings is 3. The molecule has 0 bridgehead atoms. The number of carbonyl (C=O) groups is 4. The molecule has 0 radical (unpaired) electrons. The molecule has 4 rings (SSSR count). The molecule has 2 N–H and O–H groups in total. The summed E-state index contributed by atoms with van der Waals surface area (Å²) in [6.45, 7) is 2.42. The van der Waals surface area contributed by atoms with Crippen molar-refractivity contribution in [1.29, 1.82) is 0 Å². The van der Waals surface area contributed by atoms with Crippen LogP contribution in [-0.2, 0) is 32.3 Å². The summed E-state index contributed by atoms with van der Waals surface area (Å²) in [5, 5.41) is 5.19. The molecule has 1 heterocycles. The van der Waals surface area contributed by atoms with Crippen molar-refractivity contribution in [1.82, 2.24) is 15.6 Å². The van der Waals surface area contributed by atoms with Gasteiger partial charge in [-0.2, -0.15) is 0 Å². The van der Waals surface area contributed by atoms with E-state index >= 15 is 0 Å². The summed E-state index contributed by atoms with van der Waals surface area (Å²) in [4.78, 5) is 54.4. The zero-order chi connectivity index (χ0) is 29.2. The lowest BCUT2D eigenvalue weighted by atomic mass is 10.2. The average Bonchev–Trinajstić information content (AvgIpc) is 3.42. The lowest BCUT2D eigenvalue weighted by Crippen LogP contribution is -2.39. The van der Waals surface area contributed by atoms with Crippen molar-refractivity contribution in [2.75, 3.05) is 0 Å². The lowest BCUT2D eigenvalue weighted by Gasteiger charge is -2.14. The number of nitrogens with one attached hydrogen (secondary N) is 2. The van der Waals surface area contributed by atoms with Crippen LogP contribution in [0.25, 0.3) is 11.5 Å². The molecule has 2 atom stereocenters. The summed E-state index contributed by atoms with van der Waals surface area (Å²) < 4.78 is 16.6. The number of hydrogen-bond acceptors (Lipinski definition) is 8. The molecule has 10 nitrogen and oxygen atoms in total. The first kappa shape index (κ1) is 28.8. The summed E-state index contributed by atoms with van der Waals surface area (Å²) in [5.41, 5.74) is 1.74. The molecule has 10 heteroatoms. The molecule has 0 saturated carbocycles. The highest BCUT2D eigenvalue weighted by Gasteiger charge is 2.23. The molecular formula is C31H29N3O7. The topological polar surface area (TPSA) is 137 Å². The molecular weight excluding hydrogens is 526 g/mol. The van der Waals surface area contributed by atoms with Gasteiger partial charge in [0, 0.05) is 16.7 Å². The SMILES string of the molecule is C[C@H](NC(=O)c1ccccc1)C(=O)OCc1oc(-c2ccccc2)nc1COC(=O)[C@@H](C)NC(=O)c1ccccc1. The van der Waals surface area contributed by atoms with Gasteiger partial charge in [-0.3, -0.25) is 9.59 Å². The highest BCUT2D eigenvalue weighted by Crippen LogP contribution is 2.23. The second-order valence-electron chi connectivity index (χ2n) is 9.09.